The number of aromatic carboxylic acids is 1. The van der Waals surface area contributed by atoms with Crippen molar-refractivity contribution < 1.29 is 14.7 Å². The van der Waals surface area contributed by atoms with Gasteiger partial charge in [-0.25, -0.2) is 19.6 Å². The third kappa shape index (κ3) is 5.06. The number of carbonyl (C=O) groups excluding carboxylic acids is 1. The van der Waals surface area contributed by atoms with Gasteiger partial charge >= 0.3 is 12.0 Å². The Bertz CT molecular complexity index is 1040. The summed E-state index contributed by atoms with van der Waals surface area (Å²) < 4.78 is 1.68. The molecule has 0 aromatic carbocycles. The maximum absolute atomic E-state index is 11.9. The average Bonchev–Trinajstić information content (AvgIpc) is 3.34. The molecule has 12 nitrogen and oxygen atoms in total. The van der Waals surface area contributed by atoms with E-state index in [1.54, 1.807) is 18.5 Å². The maximum Gasteiger partial charge on any atom is 0.355 e. The summed E-state index contributed by atoms with van der Waals surface area (Å²) in [5.74, 6) is 0.166. The average molecular weight is 462 g/mol. The summed E-state index contributed by atoms with van der Waals surface area (Å²) >= 11 is 1.15. The van der Waals surface area contributed by atoms with E-state index in [1.807, 2.05) is 11.9 Å². The molecule has 0 atom stereocenters. The Morgan fingerprint density at radius 2 is 1.94 bits per heavy atom. The van der Waals surface area contributed by atoms with E-state index in [4.69, 9.17) is 5.41 Å². The number of imidazole rings is 1. The Morgan fingerprint density at radius 1 is 1.25 bits per heavy atom. The van der Waals surface area contributed by atoms with Gasteiger partial charge in [-0.1, -0.05) is 6.58 Å². The number of carbonyl (C=O) groups is 2. The molecule has 172 valence electrons. The standard InChI is InChI=1S/C19H27N9O3S/c1-5-21-19(31)23-11(2)22-15-13(14(20)28-8-6-26(3)7-9-28)25-16(27(15)4)17-24-12(10-32-17)18(29)30/h10,20,22H,2,5-9H2,1,3-4H3,(H,29,30)(H2,21,23,31). The second kappa shape index (κ2) is 9.78. The highest BCUT2D eigenvalue weighted by molar-refractivity contribution is 7.13. The van der Waals surface area contributed by atoms with Gasteiger partial charge in [-0.3, -0.25) is 10.7 Å². The monoisotopic (exact) mass is 461 g/mol. The lowest BCUT2D eigenvalue weighted by Crippen LogP contribution is -2.47. The van der Waals surface area contributed by atoms with Crippen molar-refractivity contribution in [1.82, 2.24) is 35.0 Å². The Kier molecular flexibility index (Phi) is 7.10. The van der Waals surface area contributed by atoms with E-state index >= 15 is 0 Å². The third-order valence-corrected chi connectivity index (χ3v) is 5.76. The number of piperazine rings is 1. The summed E-state index contributed by atoms with van der Waals surface area (Å²) in [7, 11) is 3.76. The number of aromatic nitrogens is 3. The van der Waals surface area contributed by atoms with Crippen LogP contribution in [0.4, 0.5) is 10.6 Å². The van der Waals surface area contributed by atoms with Crippen molar-refractivity contribution in [2.45, 2.75) is 6.92 Å². The lowest BCUT2D eigenvalue weighted by molar-refractivity contribution is 0.0691. The van der Waals surface area contributed by atoms with Crippen LogP contribution in [0.3, 0.4) is 0 Å². The first-order valence-corrected chi connectivity index (χ1v) is 10.9. The van der Waals surface area contributed by atoms with Gasteiger partial charge in [0.25, 0.3) is 0 Å². The van der Waals surface area contributed by atoms with Crippen molar-refractivity contribution in [2.75, 3.05) is 45.1 Å². The van der Waals surface area contributed by atoms with E-state index < -0.39 is 12.0 Å². The fourth-order valence-electron chi connectivity index (χ4n) is 3.17. The van der Waals surface area contributed by atoms with Gasteiger partial charge in [0.2, 0.25) is 0 Å². The molecule has 0 bridgehead atoms. The number of amidine groups is 1. The molecule has 2 aromatic rings. The highest BCUT2D eigenvalue weighted by atomic mass is 32.1. The second-order valence-electron chi connectivity index (χ2n) is 7.26. The lowest BCUT2D eigenvalue weighted by Gasteiger charge is -2.33. The first-order valence-electron chi connectivity index (χ1n) is 10.00. The van der Waals surface area contributed by atoms with Crippen LogP contribution in [-0.2, 0) is 7.05 Å². The van der Waals surface area contributed by atoms with E-state index in [9.17, 15) is 14.7 Å². The summed E-state index contributed by atoms with van der Waals surface area (Å²) in [4.78, 5) is 36.0. The van der Waals surface area contributed by atoms with Crippen LogP contribution in [0.25, 0.3) is 10.8 Å². The van der Waals surface area contributed by atoms with Crippen LogP contribution in [0.2, 0.25) is 0 Å². The number of nitrogens with one attached hydrogen (secondary N) is 4. The minimum Gasteiger partial charge on any atom is -0.476 e. The smallest absolute Gasteiger partial charge is 0.355 e. The largest absolute Gasteiger partial charge is 0.476 e. The van der Waals surface area contributed by atoms with Crippen LogP contribution < -0.4 is 16.0 Å². The number of hydrogen-bond donors (Lipinski definition) is 5. The number of rotatable bonds is 7. The van der Waals surface area contributed by atoms with Crippen LogP contribution >= 0.6 is 11.3 Å². The van der Waals surface area contributed by atoms with Crippen molar-refractivity contribution in [3.63, 3.8) is 0 Å². The highest BCUT2D eigenvalue weighted by Gasteiger charge is 2.27. The molecule has 13 heteroatoms. The molecular formula is C19H27N9O3S. The van der Waals surface area contributed by atoms with Gasteiger partial charge in [-0.15, -0.1) is 11.3 Å². The van der Waals surface area contributed by atoms with Crippen LogP contribution in [-0.4, -0.2) is 87.0 Å². The van der Waals surface area contributed by atoms with Gasteiger partial charge in [0, 0.05) is 45.2 Å². The molecule has 2 aromatic heterocycles. The Hall–Kier alpha value is -3.45. The summed E-state index contributed by atoms with van der Waals surface area (Å²) in [6.45, 7) is 9.11. The molecule has 3 rings (SSSR count). The van der Waals surface area contributed by atoms with Gasteiger partial charge in [-0.2, -0.15) is 0 Å². The third-order valence-electron chi connectivity index (χ3n) is 4.92. The molecular weight excluding hydrogens is 434 g/mol. The van der Waals surface area contributed by atoms with Crippen LogP contribution in [0.15, 0.2) is 17.8 Å². The summed E-state index contributed by atoms with van der Waals surface area (Å²) in [6, 6.07) is -0.408. The minimum absolute atomic E-state index is 0.0690. The van der Waals surface area contributed by atoms with E-state index in [1.165, 1.54) is 5.38 Å². The zero-order valence-corrected chi connectivity index (χ0v) is 19.0. The highest BCUT2D eigenvalue weighted by Crippen LogP contribution is 2.29. The van der Waals surface area contributed by atoms with Crippen LogP contribution in [0.1, 0.15) is 23.1 Å². The Morgan fingerprint density at radius 3 is 2.53 bits per heavy atom. The fourth-order valence-corrected chi connectivity index (χ4v) is 3.98. The molecule has 1 saturated heterocycles. The summed E-state index contributed by atoms with van der Waals surface area (Å²) in [5, 5.41) is 28.1. The van der Waals surface area contributed by atoms with Crippen molar-refractivity contribution in [2.24, 2.45) is 7.05 Å². The number of amides is 2. The van der Waals surface area contributed by atoms with Gasteiger partial charge < -0.3 is 30.1 Å². The van der Waals surface area contributed by atoms with E-state index in [0.717, 1.165) is 24.4 Å². The maximum atomic E-state index is 11.9. The quantitative estimate of drug-likeness (QED) is 0.303. The number of urea groups is 1. The number of carboxylic acid groups (broad SMARTS) is 1. The van der Waals surface area contributed by atoms with Crippen molar-refractivity contribution in [3.8, 4) is 10.8 Å². The molecule has 1 fully saturated rings. The first-order chi connectivity index (χ1) is 15.2. The predicted octanol–water partition coefficient (Wildman–Crippen LogP) is 1.02. The molecule has 3 heterocycles. The molecule has 2 amide bonds. The number of thiazole rings is 1. The van der Waals surface area contributed by atoms with Crippen LogP contribution in [0, 0.1) is 5.41 Å². The van der Waals surface area contributed by atoms with Crippen molar-refractivity contribution >= 4 is 35.0 Å². The van der Waals surface area contributed by atoms with Crippen LogP contribution in [0.5, 0.6) is 0 Å². The van der Waals surface area contributed by atoms with E-state index in [-0.39, 0.29) is 17.4 Å². The molecule has 0 spiro atoms. The lowest BCUT2D eigenvalue weighted by atomic mass is 10.2. The molecule has 32 heavy (non-hydrogen) atoms. The number of nitrogens with zero attached hydrogens (tertiary/aromatic N) is 5. The predicted molar refractivity (Wildman–Crippen MR) is 122 cm³/mol. The first kappa shape index (κ1) is 23.2. The molecule has 0 unspecified atom stereocenters. The number of anilines is 1. The molecule has 1 aliphatic rings. The van der Waals surface area contributed by atoms with Crippen molar-refractivity contribution in [1.29, 1.82) is 5.41 Å². The van der Waals surface area contributed by atoms with Gasteiger partial charge in [0.05, 0.1) is 0 Å². The molecule has 0 aliphatic carbocycles. The minimum atomic E-state index is -1.12. The number of hydrogen-bond acceptors (Lipinski definition) is 8. The molecule has 1 aliphatic heterocycles. The second-order valence-corrected chi connectivity index (χ2v) is 8.12. The summed E-state index contributed by atoms with van der Waals surface area (Å²) in [5.41, 5.74) is 0.290. The normalized spacial score (nSPS) is 14.2. The van der Waals surface area contributed by atoms with E-state index in [2.05, 4.69) is 37.4 Å². The fraction of sp³-hybridized carbons (Fsp3) is 0.421. The van der Waals surface area contributed by atoms with Gasteiger partial charge in [-0.05, 0) is 14.0 Å². The Balaban J connectivity index is 1.95. The van der Waals surface area contributed by atoms with Crippen molar-refractivity contribution in [3.05, 3.63) is 29.2 Å². The molecule has 0 radical (unpaired) electrons. The molecule has 0 saturated carbocycles. The zero-order chi connectivity index (χ0) is 23.4. The number of likely N-dealkylation sites (N-methyl/N-ethyl adjacent to an activating group) is 1. The Labute approximate surface area is 189 Å². The van der Waals surface area contributed by atoms with Gasteiger partial charge in [0.1, 0.15) is 17.3 Å². The molecule has 5 N–H and O–H groups in total. The SMILES string of the molecule is C=C(NC(=O)NCC)Nc1c(C(=N)N2CCN(C)CC2)nc(-c2nc(C(=O)O)cs2)n1C. The van der Waals surface area contributed by atoms with Gasteiger partial charge in [0.15, 0.2) is 22.4 Å². The summed E-state index contributed by atoms with van der Waals surface area (Å²) in [6.07, 6.45) is 0. The topological polar surface area (TPSA) is 152 Å². The van der Waals surface area contributed by atoms with E-state index in [0.29, 0.717) is 42.0 Å². The zero-order valence-electron chi connectivity index (χ0n) is 18.2. The number of carboxylic acids is 1.